The van der Waals surface area contributed by atoms with Crippen LogP contribution in [0.3, 0.4) is 0 Å². The summed E-state index contributed by atoms with van der Waals surface area (Å²) in [6.07, 6.45) is 0. The molecule has 6 nitrogen and oxygen atoms in total. The van der Waals surface area contributed by atoms with Gasteiger partial charge >= 0.3 is 11.3 Å². The van der Waals surface area contributed by atoms with Crippen molar-refractivity contribution in [3.63, 3.8) is 0 Å². The summed E-state index contributed by atoms with van der Waals surface area (Å²) in [6.45, 7) is 6.05. The fraction of sp³-hybridized carbons (Fsp3) is 0.138. The molecule has 0 unspecified atom stereocenters. The first-order chi connectivity index (χ1) is 17.6. The molecule has 0 aliphatic rings. The summed E-state index contributed by atoms with van der Waals surface area (Å²) in [4.78, 5) is 30.0. The van der Waals surface area contributed by atoms with Gasteiger partial charge in [0.2, 0.25) is 0 Å². The van der Waals surface area contributed by atoms with Gasteiger partial charge in [0.15, 0.2) is 0 Å². The highest BCUT2D eigenvalue weighted by Crippen LogP contribution is 2.30. The summed E-state index contributed by atoms with van der Waals surface area (Å²) in [5.74, 6) is 0. The van der Waals surface area contributed by atoms with Gasteiger partial charge in [0.1, 0.15) is 16.2 Å². The van der Waals surface area contributed by atoms with Crippen LogP contribution in [0.2, 0.25) is 0 Å². The first kappa shape index (κ1) is 23.5. The van der Waals surface area contributed by atoms with E-state index >= 15 is 0 Å². The highest BCUT2D eigenvalue weighted by Gasteiger charge is 2.13. The quantitative estimate of drug-likeness (QED) is 0.253. The van der Waals surface area contributed by atoms with Crippen LogP contribution in [-0.2, 0) is 0 Å². The Balaban J connectivity index is 0.000000202. The molecule has 6 rings (SSSR count). The normalized spacial score (nSPS) is 10.9. The number of rotatable bonds is 4. The summed E-state index contributed by atoms with van der Waals surface area (Å²) >= 11 is 1.51. The third-order valence-electron chi connectivity index (χ3n) is 5.90. The molecular weight excluding hydrogens is 472 g/mol. The number of anilines is 1. The fourth-order valence-electron chi connectivity index (χ4n) is 4.03. The summed E-state index contributed by atoms with van der Waals surface area (Å²) in [5, 5.41) is 2.56. The van der Waals surface area contributed by atoms with Crippen molar-refractivity contribution in [2.75, 3.05) is 18.0 Å². The molecule has 180 valence electrons. The van der Waals surface area contributed by atoms with E-state index in [2.05, 4.69) is 29.8 Å². The van der Waals surface area contributed by atoms with E-state index in [4.69, 9.17) is 8.83 Å². The smallest absolute Gasteiger partial charge is 0.346 e. The lowest BCUT2D eigenvalue weighted by Gasteiger charge is -2.20. The second kappa shape index (κ2) is 10.2. The van der Waals surface area contributed by atoms with Crippen LogP contribution in [0, 0.1) is 0 Å². The Morgan fingerprint density at radius 1 is 0.778 bits per heavy atom. The number of nitrogens with zero attached hydrogens (tertiary/aromatic N) is 2. The van der Waals surface area contributed by atoms with E-state index in [9.17, 15) is 9.59 Å². The molecule has 0 radical (unpaired) electrons. The van der Waals surface area contributed by atoms with E-state index in [1.54, 1.807) is 12.1 Å². The molecule has 3 heterocycles. The summed E-state index contributed by atoms with van der Waals surface area (Å²) in [7, 11) is 0. The van der Waals surface area contributed by atoms with Crippen molar-refractivity contribution >= 4 is 49.2 Å². The minimum Gasteiger partial charge on any atom is -0.423 e. The summed E-state index contributed by atoms with van der Waals surface area (Å²) < 4.78 is 11.6. The molecule has 0 atom stereocenters. The van der Waals surface area contributed by atoms with Crippen LogP contribution in [0.25, 0.3) is 42.7 Å². The van der Waals surface area contributed by atoms with Crippen LogP contribution in [-0.4, -0.2) is 18.1 Å². The topological polar surface area (TPSA) is 76.6 Å². The van der Waals surface area contributed by atoms with E-state index < -0.39 is 0 Å². The molecule has 0 N–H and O–H groups in total. The number of benzene rings is 3. The SMILES string of the molecule is CCN(CC)c1ccc2cc(-c3nc4ccccc4s3)c(=O)oc2c1.O=c1ccc2ccccc2o1. The molecule has 0 aliphatic carbocycles. The van der Waals surface area contributed by atoms with Crippen molar-refractivity contribution < 1.29 is 8.83 Å². The lowest BCUT2D eigenvalue weighted by molar-refractivity contribution is 0.561. The van der Waals surface area contributed by atoms with Crippen molar-refractivity contribution in [3.8, 4) is 10.6 Å². The lowest BCUT2D eigenvalue weighted by Crippen LogP contribution is -2.21. The van der Waals surface area contributed by atoms with Crippen molar-refractivity contribution in [3.05, 3.63) is 106 Å². The second-order valence-electron chi connectivity index (χ2n) is 8.12. The Kier molecular flexibility index (Phi) is 6.64. The molecule has 3 aromatic heterocycles. The van der Waals surface area contributed by atoms with Crippen LogP contribution < -0.4 is 16.2 Å². The highest BCUT2D eigenvalue weighted by molar-refractivity contribution is 7.21. The van der Waals surface area contributed by atoms with Gasteiger partial charge in [-0.2, -0.15) is 0 Å². The van der Waals surface area contributed by atoms with E-state index in [0.29, 0.717) is 21.7 Å². The van der Waals surface area contributed by atoms with Gasteiger partial charge in [0.25, 0.3) is 0 Å². The van der Waals surface area contributed by atoms with Crippen molar-refractivity contribution in [2.45, 2.75) is 13.8 Å². The minimum absolute atomic E-state index is 0.302. The maximum absolute atomic E-state index is 12.5. The zero-order valence-electron chi connectivity index (χ0n) is 19.9. The van der Waals surface area contributed by atoms with Crippen LogP contribution in [0.15, 0.2) is 103 Å². The number of hydrogen-bond donors (Lipinski definition) is 0. The van der Waals surface area contributed by atoms with Gasteiger partial charge in [-0.05, 0) is 56.3 Å². The fourth-order valence-corrected chi connectivity index (χ4v) is 5.00. The lowest BCUT2D eigenvalue weighted by atomic mass is 10.1. The van der Waals surface area contributed by atoms with Crippen LogP contribution >= 0.6 is 11.3 Å². The molecule has 0 aliphatic heterocycles. The average molecular weight is 497 g/mol. The molecule has 6 aromatic rings. The molecule has 36 heavy (non-hydrogen) atoms. The van der Waals surface area contributed by atoms with Crippen molar-refractivity contribution in [2.24, 2.45) is 0 Å². The largest absolute Gasteiger partial charge is 0.423 e. The van der Waals surface area contributed by atoms with Crippen LogP contribution in [0.5, 0.6) is 0 Å². The predicted molar refractivity (Wildman–Crippen MR) is 147 cm³/mol. The Labute approximate surface area is 211 Å². The van der Waals surface area contributed by atoms with Gasteiger partial charge in [0.05, 0.1) is 15.8 Å². The highest BCUT2D eigenvalue weighted by atomic mass is 32.1. The van der Waals surface area contributed by atoms with E-state index in [0.717, 1.165) is 39.8 Å². The Bertz CT molecular complexity index is 1750. The third-order valence-corrected chi connectivity index (χ3v) is 6.97. The molecule has 7 heteroatoms. The first-order valence-electron chi connectivity index (χ1n) is 11.7. The van der Waals surface area contributed by atoms with E-state index in [-0.39, 0.29) is 11.3 Å². The molecule has 0 saturated carbocycles. The standard InChI is InChI=1S/C20H18N2O2S.C9H6O2/c1-3-22(4-2)14-10-9-13-11-15(20(23)24-17(13)12-14)19-21-16-7-5-6-8-18(16)25-19;10-9-6-5-7-3-1-2-4-8(7)11-9/h5-12H,3-4H2,1-2H3;1-6H. The van der Waals surface area contributed by atoms with Gasteiger partial charge in [-0.3, -0.25) is 0 Å². The number of fused-ring (bicyclic) bond motifs is 3. The van der Waals surface area contributed by atoms with Gasteiger partial charge < -0.3 is 13.7 Å². The summed E-state index contributed by atoms with van der Waals surface area (Å²) in [5.41, 5.74) is 3.09. The van der Waals surface area contributed by atoms with Gasteiger partial charge in [-0.25, -0.2) is 14.6 Å². The maximum atomic E-state index is 12.5. The van der Waals surface area contributed by atoms with Crippen molar-refractivity contribution in [1.29, 1.82) is 0 Å². The third kappa shape index (κ3) is 4.78. The van der Waals surface area contributed by atoms with Gasteiger partial charge in [-0.1, -0.05) is 30.3 Å². The first-order valence-corrected chi connectivity index (χ1v) is 12.5. The Morgan fingerprint density at radius 2 is 1.53 bits per heavy atom. The zero-order valence-corrected chi connectivity index (χ0v) is 20.7. The second-order valence-corrected chi connectivity index (χ2v) is 9.15. The van der Waals surface area contributed by atoms with Crippen LogP contribution in [0.4, 0.5) is 5.69 Å². The number of aromatic nitrogens is 1. The molecule has 0 saturated heterocycles. The number of thiazole rings is 1. The van der Waals surface area contributed by atoms with Gasteiger partial charge in [-0.15, -0.1) is 11.3 Å². The molecule has 3 aromatic carbocycles. The van der Waals surface area contributed by atoms with Crippen molar-refractivity contribution in [1.82, 2.24) is 4.98 Å². The molecule has 0 amide bonds. The number of hydrogen-bond acceptors (Lipinski definition) is 7. The number of para-hydroxylation sites is 2. The maximum Gasteiger partial charge on any atom is 0.346 e. The monoisotopic (exact) mass is 496 g/mol. The van der Waals surface area contributed by atoms with E-state index in [1.807, 2.05) is 60.7 Å². The molecule has 0 spiro atoms. The Hall–Kier alpha value is -4.23. The van der Waals surface area contributed by atoms with Crippen LogP contribution in [0.1, 0.15) is 13.8 Å². The van der Waals surface area contributed by atoms with Gasteiger partial charge in [0, 0.05) is 41.7 Å². The summed E-state index contributed by atoms with van der Waals surface area (Å²) in [6, 6.07) is 26.4. The molecule has 0 fully saturated rings. The molecule has 0 bridgehead atoms. The minimum atomic E-state index is -0.344. The average Bonchev–Trinajstić information content (AvgIpc) is 3.33. The zero-order chi connectivity index (χ0) is 25.1. The van der Waals surface area contributed by atoms with E-state index in [1.165, 1.54) is 17.4 Å². The predicted octanol–water partition coefficient (Wildman–Crippen LogP) is 6.71. The molecular formula is C29H24N2O4S. The Morgan fingerprint density at radius 3 is 2.33 bits per heavy atom.